The standard InChI is InChI=1S/C17H21N5O/c18-13-9-21(10-15(13)22-8-4-3-7-16(22)23)17-12-5-1-2-6-14(12)19-11-20-17/h1-2,5-6,11,13,15H,3-4,7-10,18H2. The monoisotopic (exact) mass is 311 g/mol. The van der Waals surface area contributed by atoms with Crippen LogP contribution in [0.2, 0.25) is 0 Å². The Labute approximate surface area is 135 Å². The molecule has 0 aliphatic carbocycles. The lowest BCUT2D eigenvalue weighted by molar-refractivity contribution is -0.135. The van der Waals surface area contributed by atoms with Crippen LogP contribution in [0.4, 0.5) is 5.82 Å². The molecule has 2 aliphatic heterocycles. The number of hydrogen-bond acceptors (Lipinski definition) is 5. The van der Waals surface area contributed by atoms with Crippen molar-refractivity contribution >= 4 is 22.6 Å². The average molecular weight is 311 g/mol. The number of fused-ring (bicyclic) bond motifs is 1. The zero-order chi connectivity index (χ0) is 15.8. The Balaban J connectivity index is 1.62. The van der Waals surface area contributed by atoms with E-state index in [0.29, 0.717) is 6.42 Å². The first kappa shape index (κ1) is 14.4. The fourth-order valence-corrected chi connectivity index (χ4v) is 3.73. The fourth-order valence-electron chi connectivity index (χ4n) is 3.73. The van der Waals surface area contributed by atoms with Gasteiger partial charge >= 0.3 is 0 Å². The number of amides is 1. The maximum Gasteiger partial charge on any atom is 0.222 e. The summed E-state index contributed by atoms with van der Waals surface area (Å²) in [6, 6.07) is 8.04. The van der Waals surface area contributed by atoms with Gasteiger partial charge in [-0.1, -0.05) is 12.1 Å². The number of nitrogens with two attached hydrogens (primary N) is 1. The molecule has 0 spiro atoms. The molecular formula is C17H21N5O. The Morgan fingerprint density at radius 1 is 1.13 bits per heavy atom. The van der Waals surface area contributed by atoms with Gasteiger partial charge in [-0.2, -0.15) is 0 Å². The third kappa shape index (κ3) is 2.53. The van der Waals surface area contributed by atoms with Crippen LogP contribution in [-0.4, -0.2) is 52.5 Å². The summed E-state index contributed by atoms with van der Waals surface area (Å²) >= 11 is 0. The summed E-state index contributed by atoms with van der Waals surface area (Å²) in [6.45, 7) is 2.29. The highest BCUT2D eigenvalue weighted by molar-refractivity contribution is 5.89. The average Bonchev–Trinajstić information content (AvgIpc) is 2.96. The summed E-state index contributed by atoms with van der Waals surface area (Å²) < 4.78 is 0. The zero-order valence-electron chi connectivity index (χ0n) is 13.1. The van der Waals surface area contributed by atoms with E-state index in [1.807, 2.05) is 29.2 Å². The van der Waals surface area contributed by atoms with Crippen molar-refractivity contribution < 1.29 is 4.79 Å². The molecule has 4 rings (SSSR count). The minimum absolute atomic E-state index is 0.0363. The molecule has 0 saturated carbocycles. The van der Waals surface area contributed by atoms with Crippen LogP contribution >= 0.6 is 0 Å². The first-order valence-corrected chi connectivity index (χ1v) is 8.24. The molecule has 0 radical (unpaired) electrons. The third-order valence-corrected chi connectivity index (χ3v) is 4.91. The van der Waals surface area contributed by atoms with Gasteiger partial charge in [-0.05, 0) is 25.0 Å². The Hall–Kier alpha value is -2.21. The quantitative estimate of drug-likeness (QED) is 0.901. The Bertz CT molecular complexity index is 729. The molecule has 2 aliphatic rings. The maximum atomic E-state index is 12.2. The van der Waals surface area contributed by atoms with E-state index in [2.05, 4.69) is 14.9 Å². The van der Waals surface area contributed by atoms with E-state index in [4.69, 9.17) is 5.73 Å². The number of para-hydroxylation sites is 1. The van der Waals surface area contributed by atoms with Gasteiger partial charge in [0, 0.05) is 37.5 Å². The van der Waals surface area contributed by atoms with Gasteiger partial charge in [0.25, 0.3) is 0 Å². The maximum absolute atomic E-state index is 12.2. The van der Waals surface area contributed by atoms with E-state index >= 15 is 0 Å². The van der Waals surface area contributed by atoms with Crippen LogP contribution in [0, 0.1) is 0 Å². The van der Waals surface area contributed by atoms with Gasteiger partial charge in [-0.3, -0.25) is 4.79 Å². The first-order chi connectivity index (χ1) is 11.2. The van der Waals surface area contributed by atoms with Gasteiger partial charge in [0.05, 0.1) is 11.6 Å². The highest BCUT2D eigenvalue weighted by Gasteiger charge is 2.38. The number of nitrogens with zero attached hydrogens (tertiary/aromatic N) is 4. The molecule has 1 aromatic heterocycles. The lowest BCUT2D eigenvalue weighted by atomic mass is 10.1. The van der Waals surface area contributed by atoms with Gasteiger partial charge in [-0.25, -0.2) is 9.97 Å². The van der Waals surface area contributed by atoms with E-state index in [-0.39, 0.29) is 18.0 Å². The van der Waals surface area contributed by atoms with Gasteiger partial charge in [0.2, 0.25) is 5.91 Å². The number of piperidine rings is 1. The second-order valence-electron chi connectivity index (χ2n) is 6.39. The number of likely N-dealkylation sites (tertiary alicyclic amines) is 1. The first-order valence-electron chi connectivity index (χ1n) is 8.24. The van der Waals surface area contributed by atoms with E-state index in [0.717, 1.165) is 49.2 Å². The topological polar surface area (TPSA) is 75.3 Å². The van der Waals surface area contributed by atoms with Crippen molar-refractivity contribution in [1.82, 2.24) is 14.9 Å². The van der Waals surface area contributed by atoms with Crippen LogP contribution in [0.25, 0.3) is 10.9 Å². The third-order valence-electron chi connectivity index (χ3n) is 4.91. The second-order valence-corrected chi connectivity index (χ2v) is 6.39. The number of anilines is 1. The van der Waals surface area contributed by atoms with Crippen molar-refractivity contribution in [2.75, 3.05) is 24.5 Å². The lowest BCUT2D eigenvalue weighted by Gasteiger charge is -2.34. The lowest BCUT2D eigenvalue weighted by Crippen LogP contribution is -2.51. The van der Waals surface area contributed by atoms with E-state index in [1.165, 1.54) is 0 Å². The molecule has 1 amide bonds. The Morgan fingerprint density at radius 3 is 2.87 bits per heavy atom. The SMILES string of the molecule is NC1CN(c2ncnc3ccccc23)CC1N1CCCCC1=O. The van der Waals surface area contributed by atoms with Gasteiger partial charge in [0.1, 0.15) is 12.1 Å². The highest BCUT2D eigenvalue weighted by Crippen LogP contribution is 2.28. The molecule has 2 N–H and O–H groups in total. The molecule has 6 heteroatoms. The number of aromatic nitrogens is 2. The van der Waals surface area contributed by atoms with Crippen molar-refractivity contribution in [3.8, 4) is 0 Å². The fraction of sp³-hybridized carbons (Fsp3) is 0.471. The molecule has 2 unspecified atom stereocenters. The largest absolute Gasteiger partial charge is 0.352 e. The van der Waals surface area contributed by atoms with Gasteiger partial charge < -0.3 is 15.5 Å². The molecule has 0 bridgehead atoms. The molecule has 1 aromatic carbocycles. The van der Waals surface area contributed by atoms with Crippen molar-refractivity contribution in [2.24, 2.45) is 5.73 Å². The molecule has 2 atom stereocenters. The van der Waals surface area contributed by atoms with Crippen LogP contribution < -0.4 is 10.6 Å². The number of hydrogen-bond donors (Lipinski definition) is 1. The zero-order valence-corrected chi connectivity index (χ0v) is 13.1. The number of rotatable bonds is 2. The smallest absolute Gasteiger partial charge is 0.222 e. The van der Waals surface area contributed by atoms with Crippen LogP contribution in [0.5, 0.6) is 0 Å². The van der Waals surface area contributed by atoms with E-state index in [1.54, 1.807) is 6.33 Å². The Morgan fingerprint density at radius 2 is 2.00 bits per heavy atom. The summed E-state index contributed by atoms with van der Waals surface area (Å²) in [7, 11) is 0. The summed E-state index contributed by atoms with van der Waals surface area (Å²) in [4.78, 5) is 25.2. The van der Waals surface area contributed by atoms with Crippen LogP contribution in [0.1, 0.15) is 19.3 Å². The minimum Gasteiger partial charge on any atom is -0.352 e. The molecule has 3 heterocycles. The molecule has 6 nitrogen and oxygen atoms in total. The van der Waals surface area contributed by atoms with Crippen molar-refractivity contribution in [3.05, 3.63) is 30.6 Å². The van der Waals surface area contributed by atoms with Crippen LogP contribution in [0.15, 0.2) is 30.6 Å². The van der Waals surface area contributed by atoms with E-state index in [9.17, 15) is 4.79 Å². The highest BCUT2D eigenvalue weighted by atomic mass is 16.2. The predicted octanol–water partition coefficient (Wildman–Crippen LogP) is 1.16. The normalized spacial score (nSPS) is 25.3. The summed E-state index contributed by atoms with van der Waals surface area (Å²) in [6.07, 6.45) is 4.32. The predicted molar refractivity (Wildman–Crippen MR) is 89.1 cm³/mol. The van der Waals surface area contributed by atoms with Crippen molar-refractivity contribution in [3.63, 3.8) is 0 Å². The molecule has 120 valence electrons. The van der Waals surface area contributed by atoms with Gasteiger partial charge in [0.15, 0.2) is 0 Å². The molecule has 2 saturated heterocycles. The Kier molecular flexibility index (Phi) is 3.61. The summed E-state index contributed by atoms with van der Waals surface area (Å²) in [5.41, 5.74) is 7.30. The van der Waals surface area contributed by atoms with Gasteiger partial charge in [-0.15, -0.1) is 0 Å². The van der Waals surface area contributed by atoms with E-state index < -0.39 is 0 Å². The molecule has 2 fully saturated rings. The number of carbonyl (C=O) groups excluding carboxylic acids is 1. The molecule has 2 aromatic rings. The summed E-state index contributed by atoms with van der Waals surface area (Å²) in [5.74, 6) is 1.16. The second kappa shape index (κ2) is 5.77. The van der Waals surface area contributed by atoms with Crippen LogP contribution in [0.3, 0.4) is 0 Å². The van der Waals surface area contributed by atoms with Crippen LogP contribution in [-0.2, 0) is 4.79 Å². The minimum atomic E-state index is -0.0363. The molecule has 23 heavy (non-hydrogen) atoms. The summed E-state index contributed by atoms with van der Waals surface area (Å²) in [5, 5.41) is 1.04. The van der Waals surface area contributed by atoms with Crippen molar-refractivity contribution in [2.45, 2.75) is 31.3 Å². The molecular weight excluding hydrogens is 290 g/mol. The van der Waals surface area contributed by atoms with Crippen molar-refractivity contribution in [1.29, 1.82) is 0 Å². The number of benzene rings is 1. The number of carbonyl (C=O) groups is 1.